The minimum Gasteiger partial charge on any atom is -0.485 e. The summed E-state index contributed by atoms with van der Waals surface area (Å²) in [7, 11) is 0. The smallest absolute Gasteiger partial charge is 0.179 e. The lowest BCUT2D eigenvalue weighted by Crippen LogP contribution is -2.14. The molecule has 0 unspecified atom stereocenters. The minimum atomic E-state index is 0.661. The van der Waals surface area contributed by atoms with Gasteiger partial charge in [-0.25, -0.2) is 0 Å². The molecule has 0 aromatic carbocycles. The van der Waals surface area contributed by atoms with E-state index in [1.807, 2.05) is 24.5 Å². The fraction of sp³-hybridized carbons (Fsp3) is 0.333. The van der Waals surface area contributed by atoms with Crippen molar-refractivity contribution in [1.82, 2.24) is 0 Å². The lowest BCUT2D eigenvalue weighted by atomic mass is 10.3. The molecule has 1 aromatic rings. The normalized spacial score (nSPS) is 15.4. The van der Waals surface area contributed by atoms with Crippen LogP contribution >= 0.6 is 11.3 Å². The summed E-state index contributed by atoms with van der Waals surface area (Å²) in [4.78, 5) is 1.15. The highest BCUT2D eigenvalue weighted by Gasteiger charge is 2.16. The molecule has 0 atom stereocenters. The van der Waals surface area contributed by atoms with Crippen LogP contribution in [-0.2, 0) is 0 Å². The number of fused-ring (bicyclic) bond motifs is 1. The second-order valence-electron chi connectivity index (χ2n) is 2.49. The third-order valence-corrected chi connectivity index (χ3v) is 2.55. The van der Waals surface area contributed by atoms with Crippen LogP contribution in [0.25, 0.3) is 6.08 Å². The number of thiophene rings is 1. The Bertz CT molecular complexity index is 301. The number of allylic oxidation sites excluding steroid dienone is 1. The van der Waals surface area contributed by atoms with Crippen molar-refractivity contribution in [2.75, 3.05) is 13.2 Å². The first kappa shape index (κ1) is 7.68. The van der Waals surface area contributed by atoms with E-state index in [0.29, 0.717) is 13.2 Å². The zero-order chi connectivity index (χ0) is 8.39. The highest BCUT2D eigenvalue weighted by atomic mass is 32.1. The van der Waals surface area contributed by atoms with Gasteiger partial charge >= 0.3 is 0 Å². The molecule has 64 valence electrons. The standard InChI is InChI=1S/C9H10O2S/c1-2-3-8-9-7(6-12-8)10-4-5-11-9/h2-3,6H,4-5H2,1H3/b3-2+. The van der Waals surface area contributed by atoms with Crippen LogP contribution in [0.1, 0.15) is 11.8 Å². The van der Waals surface area contributed by atoms with Crippen molar-refractivity contribution in [3.05, 3.63) is 16.3 Å². The van der Waals surface area contributed by atoms with Crippen LogP contribution in [0.2, 0.25) is 0 Å². The Morgan fingerprint density at radius 2 is 2.25 bits per heavy atom. The van der Waals surface area contributed by atoms with Crippen LogP contribution < -0.4 is 9.47 Å². The summed E-state index contributed by atoms with van der Waals surface area (Å²) >= 11 is 1.65. The molecule has 0 saturated carbocycles. The van der Waals surface area contributed by atoms with Gasteiger partial charge in [0.05, 0.1) is 4.88 Å². The van der Waals surface area contributed by atoms with Crippen LogP contribution in [-0.4, -0.2) is 13.2 Å². The Morgan fingerprint density at radius 3 is 3.08 bits per heavy atom. The van der Waals surface area contributed by atoms with Crippen molar-refractivity contribution in [2.24, 2.45) is 0 Å². The van der Waals surface area contributed by atoms with Crippen LogP contribution in [0, 0.1) is 0 Å². The maximum atomic E-state index is 5.48. The minimum absolute atomic E-state index is 0.661. The second-order valence-corrected chi connectivity index (χ2v) is 3.40. The van der Waals surface area contributed by atoms with Gasteiger partial charge in [-0.05, 0) is 13.0 Å². The molecule has 1 aromatic heterocycles. The van der Waals surface area contributed by atoms with E-state index in [2.05, 4.69) is 0 Å². The van der Waals surface area contributed by atoms with E-state index in [1.165, 1.54) is 0 Å². The van der Waals surface area contributed by atoms with E-state index in [4.69, 9.17) is 9.47 Å². The van der Waals surface area contributed by atoms with Gasteiger partial charge in [-0.1, -0.05) is 6.08 Å². The predicted octanol–water partition coefficient (Wildman–Crippen LogP) is 2.55. The Morgan fingerprint density at radius 1 is 1.42 bits per heavy atom. The van der Waals surface area contributed by atoms with Gasteiger partial charge < -0.3 is 9.47 Å². The Balaban J connectivity index is 2.38. The van der Waals surface area contributed by atoms with Crippen molar-refractivity contribution in [1.29, 1.82) is 0 Å². The highest BCUT2D eigenvalue weighted by Crippen LogP contribution is 2.39. The average Bonchev–Trinajstić information content (AvgIpc) is 2.50. The largest absolute Gasteiger partial charge is 0.485 e. The molecule has 12 heavy (non-hydrogen) atoms. The van der Waals surface area contributed by atoms with Gasteiger partial charge in [0, 0.05) is 5.38 Å². The molecule has 0 amide bonds. The summed E-state index contributed by atoms with van der Waals surface area (Å²) in [6.45, 7) is 3.32. The monoisotopic (exact) mass is 182 g/mol. The number of rotatable bonds is 1. The Hall–Kier alpha value is -0.960. The van der Waals surface area contributed by atoms with Gasteiger partial charge in [0.1, 0.15) is 13.2 Å². The van der Waals surface area contributed by atoms with Gasteiger partial charge in [-0.3, -0.25) is 0 Å². The lowest BCUT2D eigenvalue weighted by Gasteiger charge is -2.15. The SMILES string of the molecule is C/C=C/c1scc2c1OCCO2. The fourth-order valence-electron chi connectivity index (χ4n) is 1.15. The molecule has 0 spiro atoms. The zero-order valence-electron chi connectivity index (χ0n) is 6.87. The third-order valence-electron chi connectivity index (χ3n) is 1.65. The topological polar surface area (TPSA) is 18.5 Å². The van der Waals surface area contributed by atoms with Crippen LogP contribution in [0.4, 0.5) is 0 Å². The van der Waals surface area contributed by atoms with Gasteiger partial charge in [0.2, 0.25) is 0 Å². The van der Waals surface area contributed by atoms with Gasteiger partial charge in [0.15, 0.2) is 11.5 Å². The molecule has 0 aliphatic carbocycles. The number of ether oxygens (including phenoxy) is 2. The second kappa shape index (κ2) is 3.19. The molecule has 2 nitrogen and oxygen atoms in total. The van der Waals surface area contributed by atoms with E-state index < -0.39 is 0 Å². The van der Waals surface area contributed by atoms with Crippen LogP contribution in [0.5, 0.6) is 11.5 Å². The van der Waals surface area contributed by atoms with Gasteiger partial charge in [0.25, 0.3) is 0 Å². The van der Waals surface area contributed by atoms with Crippen LogP contribution in [0.3, 0.4) is 0 Å². The van der Waals surface area contributed by atoms with Crippen molar-refractivity contribution in [3.8, 4) is 11.5 Å². The molecule has 2 heterocycles. The predicted molar refractivity (Wildman–Crippen MR) is 50.0 cm³/mol. The molecular formula is C9H10O2S. The first-order valence-corrected chi connectivity index (χ1v) is 4.79. The maximum Gasteiger partial charge on any atom is 0.179 e. The van der Waals surface area contributed by atoms with E-state index in [0.717, 1.165) is 16.4 Å². The number of hydrogen-bond donors (Lipinski definition) is 0. The summed E-state index contributed by atoms with van der Waals surface area (Å²) in [5, 5.41) is 1.99. The zero-order valence-corrected chi connectivity index (χ0v) is 7.69. The summed E-state index contributed by atoms with van der Waals surface area (Å²) in [6, 6.07) is 0. The molecule has 0 N–H and O–H groups in total. The summed E-state index contributed by atoms with van der Waals surface area (Å²) < 4.78 is 10.9. The number of hydrogen-bond acceptors (Lipinski definition) is 3. The molecule has 0 bridgehead atoms. The average molecular weight is 182 g/mol. The first-order chi connectivity index (χ1) is 5.92. The van der Waals surface area contributed by atoms with Crippen molar-refractivity contribution < 1.29 is 9.47 Å². The Labute approximate surface area is 75.4 Å². The lowest BCUT2D eigenvalue weighted by molar-refractivity contribution is 0.173. The first-order valence-electron chi connectivity index (χ1n) is 3.91. The van der Waals surface area contributed by atoms with E-state index in [9.17, 15) is 0 Å². The molecule has 0 fully saturated rings. The third kappa shape index (κ3) is 1.20. The molecule has 2 rings (SSSR count). The van der Waals surface area contributed by atoms with E-state index in [1.54, 1.807) is 11.3 Å². The van der Waals surface area contributed by atoms with E-state index in [-0.39, 0.29) is 0 Å². The molecule has 3 heteroatoms. The van der Waals surface area contributed by atoms with Crippen molar-refractivity contribution in [3.63, 3.8) is 0 Å². The summed E-state index contributed by atoms with van der Waals surface area (Å²) in [6.07, 6.45) is 4.04. The van der Waals surface area contributed by atoms with Crippen molar-refractivity contribution >= 4 is 17.4 Å². The molecule has 0 radical (unpaired) electrons. The van der Waals surface area contributed by atoms with Gasteiger partial charge in [-0.2, -0.15) is 0 Å². The maximum absolute atomic E-state index is 5.48. The van der Waals surface area contributed by atoms with Crippen LogP contribution in [0.15, 0.2) is 11.5 Å². The quantitative estimate of drug-likeness (QED) is 0.664. The fourth-order valence-corrected chi connectivity index (χ4v) is 2.04. The summed E-state index contributed by atoms with van der Waals surface area (Å²) in [5.41, 5.74) is 0. The van der Waals surface area contributed by atoms with Gasteiger partial charge in [-0.15, -0.1) is 11.3 Å². The molecular weight excluding hydrogens is 172 g/mol. The Kier molecular flexibility index (Phi) is 2.04. The highest BCUT2D eigenvalue weighted by molar-refractivity contribution is 7.11. The van der Waals surface area contributed by atoms with E-state index >= 15 is 0 Å². The molecule has 0 saturated heterocycles. The molecule has 1 aliphatic rings. The summed E-state index contributed by atoms with van der Waals surface area (Å²) in [5.74, 6) is 1.80. The molecule has 1 aliphatic heterocycles. The van der Waals surface area contributed by atoms with Crippen molar-refractivity contribution in [2.45, 2.75) is 6.92 Å².